The van der Waals surface area contributed by atoms with Crippen LogP contribution in [-0.4, -0.2) is 11.2 Å². The zero-order valence-electron chi connectivity index (χ0n) is 8.58. The maximum Gasteiger partial charge on any atom is 0.162 e. The number of aromatic hydroxyl groups is 1. The monoisotopic (exact) mass is 226 g/mol. The van der Waals surface area contributed by atoms with Crippen LogP contribution in [-0.2, 0) is 0 Å². The highest BCUT2D eigenvalue weighted by Crippen LogP contribution is 2.32. The van der Waals surface area contributed by atoms with E-state index in [0.29, 0.717) is 10.8 Å². The minimum Gasteiger partial charge on any atom is -0.504 e. The van der Waals surface area contributed by atoms with Gasteiger partial charge in [0.1, 0.15) is 0 Å². The maximum absolute atomic E-state index is 9.58. The van der Waals surface area contributed by atoms with Crippen LogP contribution < -0.4 is 4.74 Å². The number of hydrogen-bond donors (Lipinski definition) is 1. The summed E-state index contributed by atoms with van der Waals surface area (Å²) in [7, 11) is 0. The number of ether oxygens (including phenoxy) is 1. The molecule has 0 aliphatic heterocycles. The fourth-order valence-corrected chi connectivity index (χ4v) is 2.11. The van der Waals surface area contributed by atoms with Crippen molar-refractivity contribution in [3.05, 3.63) is 23.2 Å². The third kappa shape index (κ3) is 2.78. The second-order valence-electron chi connectivity index (χ2n) is 3.99. The molecule has 0 spiro atoms. The molecule has 82 valence electrons. The van der Waals surface area contributed by atoms with Crippen LogP contribution in [0.2, 0.25) is 5.02 Å². The Bertz CT molecular complexity index is 332. The molecule has 1 fully saturated rings. The molecule has 2 nitrogen and oxygen atoms in total. The minimum absolute atomic E-state index is 0.171. The quantitative estimate of drug-likeness (QED) is 0.832. The van der Waals surface area contributed by atoms with Gasteiger partial charge in [-0.25, -0.2) is 0 Å². The van der Waals surface area contributed by atoms with Crippen LogP contribution in [0.1, 0.15) is 32.1 Å². The smallest absolute Gasteiger partial charge is 0.162 e. The van der Waals surface area contributed by atoms with Gasteiger partial charge in [0.05, 0.1) is 6.10 Å². The Labute approximate surface area is 94.8 Å². The average Bonchev–Trinajstić information content (AvgIpc) is 2.25. The Morgan fingerprint density at radius 2 is 1.93 bits per heavy atom. The highest BCUT2D eigenvalue weighted by atomic mass is 35.5. The number of phenolic OH excluding ortho intramolecular Hbond substituents is 1. The normalized spacial score (nSPS) is 17.7. The van der Waals surface area contributed by atoms with Gasteiger partial charge in [0.25, 0.3) is 0 Å². The molecule has 0 radical (unpaired) electrons. The summed E-state index contributed by atoms with van der Waals surface area (Å²) in [4.78, 5) is 0. The molecule has 0 heterocycles. The lowest BCUT2D eigenvalue weighted by Crippen LogP contribution is -2.19. The first-order valence-corrected chi connectivity index (χ1v) is 5.78. The highest BCUT2D eigenvalue weighted by Gasteiger charge is 2.16. The van der Waals surface area contributed by atoms with Crippen molar-refractivity contribution in [1.29, 1.82) is 0 Å². The number of phenols is 1. The number of rotatable bonds is 2. The summed E-state index contributed by atoms with van der Waals surface area (Å²) in [6.45, 7) is 0. The van der Waals surface area contributed by atoms with Gasteiger partial charge < -0.3 is 9.84 Å². The van der Waals surface area contributed by atoms with Crippen molar-refractivity contribution in [3.63, 3.8) is 0 Å². The van der Waals surface area contributed by atoms with Crippen LogP contribution >= 0.6 is 11.6 Å². The van der Waals surface area contributed by atoms with Gasteiger partial charge in [-0.2, -0.15) is 0 Å². The third-order valence-corrected chi connectivity index (χ3v) is 3.00. The van der Waals surface area contributed by atoms with Crippen molar-refractivity contribution in [2.24, 2.45) is 0 Å². The van der Waals surface area contributed by atoms with Crippen LogP contribution in [0.25, 0.3) is 0 Å². The molecular weight excluding hydrogens is 212 g/mol. The lowest BCUT2D eigenvalue weighted by molar-refractivity contribution is 0.150. The largest absolute Gasteiger partial charge is 0.504 e. The van der Waals surface area contributed by atoms with Gasteiger partial charge in [-0.05, 0) is 37.8 Å². The fraction of sp³-hybridized carbons (Fsp3) is 0.500. The fourth-order valence-electron chi connectivity index (χ4n) is 1.94. The second kappa shape index (κ2) is 4.75. The SMILES string of the molecule is Oc1ccc(Cl)cc1OC1CCCCC1. The summed E-state index contributed by atoms with van der Waals surface area (Å²) < 4.78 is 5.73. The first-order valence-electron chi connectivity index (χ1n) is 5.41. The zero-order valence-corrected chi connectivity index (χ0v) is 9.33. The van der Waals surface area contributed by atoms with Crippen molar-refractivity contribution < 1.29 is 9.84 Å². The van der Waals surface area contributed by atoms with Crippen molar-refractivity contribution in [1.82, 2.24) is 0 Å². The molecule has 1 aromatic carbocycles. The van der Waals surface area contributed by atoms with E-state index in [-0.39, 0.29) is 11.9 Å². The Morgan fingerprint density at radius 3 is 2.67 bits per heavy atom. The van der Waals surface area contributed by atoms with E-state index in [2.05, 4.69) is 0 Å². The summed E-state index contributed by atoms with van der Waals surface area (Å²) in [6, 6.07) is 4.90. The van der Waals surface area contributed by atoms with Gasteiger partial charge in [0, 0.05) is 11.1 Å². The summed E-state index contributed by atoms with van der Waals surface area (Å²) >= 11 is 5.84. The maximum atomic E-state index is 9.58. The Morgan fingerprint density at radius 1 is 1.20 bits per heavy atom. The topological polar surface area (TPSA) is 29.5 Å². The van der Waals surface area contributed by atoms with Gasteiger partial charge in [0.15, 0.2) is 11.5 Å². The molecule has 15 heavy (non-hydrogen) atoms. The molecule has 3 heteroatoms. The van der Waals surface area contributed by atoms with Gasteiger partial charge in [-0.1, -0.05) is 18.0 Å². The van der Waals surface area contributed by atoms with Gasteiger partial charge >= 0.3 is 0 Å². The molecule has 0 amide bonds. The van der Waals surface area contributed by atoms with Gasteiger partial charge in [-0.3, -0.25) is 0 Å². The van der Waals surface area contributed by atoms with E-state index in [1.807, 2.05) is 0 Å². The Kier molecular flexibility index (Phi) is 3.37. The zero-order chi connectivity index (χ0) is 10.7. The summed E-state index contributed by atoms with van der Waals surface area (Å²) in [5.74, 6) is 0.680. The molecular formula is C12H15ClO2. The lowest BCUT2D eigenvalue weighted by atomic mass is 9.98. The van der Waals surface area contributed by atoms with Crippen LogP contribution in [0.15, 0.2) is 18.2 Å². The predicted octanol–water partition coefficient (Wildman–Crippen LogP) is 3.76. The molecule has 0 saturated heterocycles. The van der Waals surface area contributed by atoms with Crippen LogP contribution in [0.4, 0.5) is 0 Å². The molecule has 0 unspecified atom stereocenters. The first kappa shape index (κ1) is 10.6. The van der Waals surface area contributed by atoms with Crippen molar-refractivity contribution in [2.75, 3.05) is 0 Å². The standard InChI is InChI=1S/C12H15ClO2/c13-9-6-7-11(14)12(8-9)15-10-4-2-1-3-5-10/h6-8,10,14H,1-5H2. The van der Waals surface area contributed by atoms with E-state index >= 15 is 0 Å². The van der Waals surface area contributed by atoms with Crippen LogP contribution in [0.3, 0.4) is 0 Å². The van der Waals surface area contributed by atoms with E-state index < -0.39 is 0 Å². The Balaban J connectivity index is 2.05. The summed E-state index contributed by atoms with van der Waals surface area (Å²) in [5.41, 5.74) is 0. The van der Waals surface area contributed by atoms with Crippen molar-refractivity contribution in [2.45, 2.75) is 38.2 Å². The van der Waals surface area contributed by atoms with Crippen molar-refractivity contribution in [3.8, 4) is 11.5 Å². The molecule has 1 aromatic rings. The van der Waals surface area contributed by atoms with Crippen molar-refractivity contribution >= 4 is 11.6 Å². The molecule has 1 aliphatic carbocycles. The van der Waals surface area contributed by atoms with Gasteiger partial charge in [0.2, 0.25) is 0 Å². The summed E-state index contributed by atoms with van der Waals surface area (Å²) in [5, 5.41) is 10.2. The van der Waals surface area contributed by atoms with Crippen LogP contribution in [0, 0.1) is 0 Å². The van der Waals surface area contributed by atoms with E-state index in [1.165, 1.54) is 19.3 Å². The van der Waals surface area contributed by atoms with Crippen LogP contribution in [0.5, 0.6) is 11.5 Å². The first-order chi connectivity index (χ1) is 7.25. The predicted molar refractivity (Wildman–Crippen MR) is 60.6 cm³/mol. The number of benzene rings is 1. The minimum atomic E-state index is 0.171. The third-order valence-electron chi connectivity index (χ3n) is 2.77. The molecule has 0 atom stereocenters. The summed E-state index contributed by atoms with van der Waals surface area (Å²) in [6.07, 6.45) is 6.11. The molecule has 0 aromatic heterocycles. The number of halogens is 1. The van der Waals surface area contributed by atoms with E-state index in [1.54, 1.807) is 18.2 Å². The highest BCUT2D eigenvalue weighted by molar-refractivity contribution is 6.30. The molecule has 0 bridgehead atoms. The molecule has 1 N–H and O–H groups in total. The van der Waals surface area contributed by atoms with E-state index in [4.69, 9.17) is 16.3 Å². The van der Waals surface area contributed by atoms with Gasteiger partial charge in [-0.15, -0.1) is 0 Å². The average molecular weight is 227 g/mol. The van der Waals surface area contributed by atoms with E-state index in [9.17, 15) is 5.11 Å². The lowest BCUT2D eigenvalue weighted by Gasteiger charge is -2.23. The second-order valence-corrected chi connectivity index (χ2v) is 4.43. The molecule has 1 saturated carbocycles. The molecule has 1 aliphatic rings. The van der Waals surface area contributed by atoms with E-state index in [0.717, 1.165) is 12.8 Å². The number of hydrogen-bond acceptors (Lipinski definition) is 2. The Hall–Kier alpha value is -0.890. The molecule has 2 rings (SSSR count).